The van der Waals surface area contributed by atoms with Gasteiger partial charge >= 0.3 is 8.80 Å². The zero-order valence-corrected chi connectivity index (χ0v) is 33.1. The van der Waals surface area contributed by atoms with Crippen LogP contribution in [0.2, 0.25) is 91.7 Å². The SMILES string of the molecule is C[SiH](C)O[SiH](C)C.C[SiH](C)O[SiH](C)C.C[SiH](C)O[Si](O[SiH](C)C)(O[SiH](C)C)c1ccccc1. The molecule has 0 bridgehead atoms. The molecule has 1 rings (SSSR count). The lowest BCUT2D eigenvalue weighted by molar-refractivity contribution is 0.290. The second kappa shape index (κ2) is 19.9. The summed E-state index contributed by atoms with van der Waals surface area (Å²) in [7, 11) is -9.02. The van der Waals surface area contributed by atoms with E-state index in [1.807, 2.05) is 18.2 Å². The number of hydrogen-bond donors (Lipinski definition) is 0. The third kappa shape index (κ3) is 21.7. The Labute approximate surface area is 219 Å². The molecule has 0 fully saturated rings. The van der Waals surface area contributed by atoms with E-state index in [0.29, 0.717) is 0 Å². The third-order valence-corrected chi connectivity index (χ3v) is 22.5. The Morgan fingerprint density at radius 2 is 0.697 bits per heavy atom. The van der Waals surface area contributed by atoms with Gasteiger partial charge in [-0.25, -0.2) is 0 Å². The Morgan fingerprint density at radius 3 is 0.879 bits per heavy atom. The van der Waals surface area contributed by atoms with E-state index in [1.54, 1.807) is 0 Å². The van der Waals surface area contributed by atoms with Crippen LogP contribution in [0, 0.1) is 0 Å². The first kappa shape index (κ1) is 35.9. The van der Waals surface area contributed by atoms with Gasteiger partial charge in [-0.05, 0) is 91.7 Å². The molecule has 1 aromatic carbocycles. The monoisotopic (exact) mass is 598 g/mol. The van der Waals surface area contributed by atoms with Gasteiger partial charge in [0.05, 0.1) is 0 Å². The summed E-state index contributed by atoms with van der Waals surface area (Å²) < 4.78 is 30.1. The Morgan fingerprint density at radius 1 is 0.424 bits per heavy atom. The van der Waals surface area contributed by atoms with Gasteiger partial charge in [0.2, 0.25) is 0 Å². The number of hydrogen-bond acceptors (Lipinski definition) is 5. The molecule has 13 heteroatoms. The predicted octanol–water partition coefficient (Wildman–Crippen LogP) is 3.77. The Kier molecular flexibility index (Phi) is 21.6. The molecular formula is C20H54O5Si8. The summed E-state index contributed by atoms with van der Waals surface area (Å²) in [6, 6.07) is 10.3. The van der Waals surface area contributed by atoms with Gasteiger partial charge in [-0.1, -0.05) is 30.3 Å². The average Bonchev–Trinajstić information content (AvgIpc) is 2.59. The van der Waals surface area contributed by atoms with E-state index < -0.39 is 72.1 Å². The first-order valence-corrected chi connectivity index (χ1v) is 33.7. The van der Waals surface area contributed by atoms with Crippen LogP contribution in [0.4, 0.5) is 0 Å². The molecule has 0 aliphatic carbocycles. The van der Waals surface area contributed by atoms with Crippen LogP contribution in [0.15, 0.2) is 30.3 Å². The van der Waals surface area contributed by atoms with Crippen molar-refractivity contribution in [2.75, 3.05) is 0 Å². The quantitative estimate of drug-likeness (QED) is 0.363. The zero-order chi connectivity index (χ0) is 26.2. The van der Waals surface area contributed by atoms with Crippen LogP contribution in [-0.2, 0) is 20.6 Å². The molecular weight excluding hydrogens is 545 g/mol. The van der Waals surface area contributed by atoms with E-state index in [9.17, 15) is 0 Å². The third-order valence-electron chi connectivity index (χ3n) is 3.39. The summed E-state index contributed by atoms with van der Waals surface area (Å²) in [6.07, 6.45) is 0. The fourth-order valence-electron chi connectivity index (χ4n) is 2.95. The van der Waals surface area contributed by atoms with Crippen molar-refractivity contribution in [3.05, 3.63) is 30.3 Å². The number of benzene rings is 1. The lowest BCUT2D eigenvalue weighted by Crippen LogP contribution is -2.61. The lowest BCUT2D eigenvalue weighted by atomic mass is 10.4. The summed E-state index contributed by atoms with van der Waals surface area (Å²) in [6.45, 7) is 30.8. The average molecular weight is 599 g/mol. The van der Waals surface area contributed by atoms with Crippen LogP contribution < -0.4 is 5.19 Å². The summed E-state index contributed by atoms with van der Waals surface area (Å²) in [5, 5.41) is 1.12. The molecule has 0 aliphatic heterocycles. The van der Waals surface area contributed by atoms with Crippen molar-refractivity contribution in [2.45, 2.75) is 91.7 Å². The number of rotatable bonds is 11. The van der Waals surface area contributed by atoms with Gasteiger partial charge in [-0.2, -0.15) is 0 Å². The molecule has 196 valence electrons. The van der Waals surface area contributed by atoms with Gasteiger partial charge in [0.25, 0.3) is 0 Å². The van der Waals surface area contributed by atoms with E-state index in [2.05, 4.69) is 104 Å². The molecule has 5 nitrogen and oxygen atoms in total. The maximum atomic E-state index is 6.35. The maximum Gasteiger partial charge on any atom is 0.505 e. The fourth-order valence-corrected chi connectivity index (χ4v) is 23.5. The van der Waals surface area contributed by atoms with Crippen molar-refractivity contribution in [1.29, 1.82) is 0 Å². The molecule has 0 aliphatic rings. The highest BCUT2D eigenvalue weighted by Gasteiger charge is 2.45. The van der Waals surface area contributed by atoms with Gasteiger partial charge in [0, 0.05) is 5.19 Å². The van der Waals surface area contributed by atoms with Gasteiger partial charge in [-0.3, -0.25) is 0 Å². The first-order chi connectivity index (χ1) is 15.1. The van der Waals surface area contributed by atoms with E-state index in [4.69, 9.17) is 20.6 Å². The van der Waals surface area contributed by atoms with E-state index in [1.165, 1.54) is 0 Å². The molecule has 0 unspecified atom stereocenters. The summed E-state index contributed by atoms with van der Waals surface area (Å²) in [4.78, 5) is 0. The second-order valence-electron chi connectivity index (χ2n) is 9.89. The van der Waals surface area contributed by atoms with Crippen molar-refractivity contribution in [3.63, 3.8) is 0 Å². The van der Waals surface area contributed by atoms with Crippen LogP contribution in [0.3, 0.4) is 0 Å². The minimum atomic E-state index is -2.68. The molecule has 0 aromatic heterocycles. The Bertz CT molecular complexity index is 522. The van der Waals surface area contributed by atoms with Crippen molar-refractivity contribution >= 4 is 77.3 Å². The largest absolute Gasteiger partial charge is 0.505 e. The van der Waals surface area contributed by atoms with E-state index in [0.717, 1.165) is 5.19 Å². The van der Waals surface area contributed by atoms with Crippen LogP contribution in [0.25, 0.3) is 0 Å². The lowest BCUT2D eigenvalue weighted by Gasteiger charge is -2.35. The molecule has 0 saturated carbocycles. The minimum Gasteiger partial charge on any atom is -0.461 e. The van der Waals surface area contributed by atoms with Crippen LogP contribution >= 0.6 is 0 Å². The van der Waals surface area contributed by atoms with Crippen molar-refractivity contribution in [1.82, 2.24) is 0 Å². The standard InChI is InChI=1S/C12H26O3Si4.2C4H14OSi2/c1-16(2)13-19(14-17(3)4,15-18(5)6)12-10-8-7-9-11-12;2*1-6(2)5-7(3)4/h7-11,16-18H,1-6H3;2*6-7H,1-4H3. The molecule has 0 radical (unpaired) electrons. The van der Waals surface area contributed by atoms with Gasteiger partial charge in [-0.15, -0.1) is 0 Å². The zero-order valence-electron chi connectivity index (χ0n) is 24.0. The molecule has 33 heavy (non-hydrogen) atoms. The summed E-state index contributed by atoms with van der Waals surface area (Å²) in [5.41, 5.74) is 0. The van der Waals surface area contributed by atoms with Crippen molar-refractivity contribution < 1.29 is 20.6 Å². The van der Waals surface area contributed by atoms with E-state index in [-0.39, 0.29) is 0 Å². The van der Waals surface area contributed by atoms with Gasteiger partial charge in [0.1, 0.15) is 0 Å². The second-order valence-corrected chi connectivity index (χ2v) is 31.3. The Balaban J connectivity index is 0. The molecule has 1 aromatic rings. The maximum absolute atomic E-state index is 6.35. The molecule has 0 N–H and O–H groups in total. The smallest absolute Gasteiger partial charge is 0.461 e. The highest BCUT2D eigenvalue weighted by molar-refractivity contribution is 6.88. The molecule has 0 amide bonds. The van der Waals surface area contributed by atoms with Crippen molar-refractivity contribution in [2.24, 2.45) is 0 Å². The van der Waals surface area contributed by atoms with Crippen molar-refractivity contribution in [3.8, 4) is 0 Å². The highest BCUT2D eigenvalue weighted by Crippen LogP contribution is 2.15. The predicted molar refractivity (Wildman–Crippen MR) is 169 cm³/mol. The molecule has 0 saturated heterocycles. The first-order valence-electron chi connectivity index (χ1n) is 12.5. The molecule has 0 spiro atoms. The summed E-state index contributed by atoms with van der Waals surface area (Å²) in [5.74, 6) is 0. The highest BCUT2D eigenvalue weighted by atomic mass is 28.5. The van der Waals surface area contributed by atoms with Gasteiger partial charge in [0.15, 0.2) is 63.3 Å². The molecule has 0 heterocycles. The minimum absolute atomic E-state index is 0.667. The Hall–Kier alpha value is 0.755. The fraction of sp³-hybridized carbons (Fsp3) is 0.700. The molecule has 0 atom stereocenters. The van der Waals surface area contributed by atoms with Crippen LogP contribution in [-0.4, -0.2) is 72.1 Å². The van der Waals surface area contributed by atoms with Gasteiger partial charge < -0.3 is 20.6 Å². The normalized spacial score (nSPS) is 12.0. The van der Waals surface area contributed by atoms with Crippen LogP contribution in [0.5, 0.6) is 0 Å². The van der Waals surface area contributed by atoms with E-state index >= 15 is 0 Å². The summed E-state index contributed by atoms with van der Waals surface area (Å²) >= 11 is 0. The topological polar surface area (TPSA) is 46.2 Å². The van der Waals surface area contributed by atoms with Crippen LogP contribution in [0.1, 0.15) is 0 Å².